The molecule has 1 fully saturated rings. The Kier molecular flexibility index (Phi) is 4.81. The maximum absolute atomic E-state index is 12.7. The van der Waals surface area contributed by atoms with Gasteiger partial charge in [0.1, 0.15) is 0 Å². The van der Waals surface area contributed by atoms with Gasteiger partial charge in [-0.25, -0.2) is 8.42 Å². The maximum atomic E-state index is 12.7. The highest BCUT2D eigenvalue weighted by molar-refractivity contribution is 7.92. The largest absolute Gasteiger partial charge is 0.312 e. The Labute approximate surface area is 148 Å². The Hall–Kier alpha value is -2.34. The molecule has 1 aliphatic heterocycles. The molecule has 2 aromatic rings. The molecule has 25 heavy (non-hydrogen) atoms. The molecule has 0 aromatic heterocycles. The van der Waals surface area contributed by atoms with Crippen LogP contribution in [0.1, 0.15) is 30.9 Å². The summed E-state index contributed by atoms with van der Waals surface area (Å²) in [5.74, 6) is 0.0840. The van der Waals surface area contributed by atoms with Crippen LogP contribution in [0.5, 0.6) is 0 Å². The number of carbonyl (C=O) groups excluding carboxylic acids is 1. The Morgan fingerprint density at radius 3 is 2.44 bits per heavy atom. The number of anilines is 2. The Bertz CT molecular complexity index is 889. The van der Waals surface area contributed by atoms with Gasteiger partial charge in [0.15, 0.2) is 0 Å². The van der Waals surface area contributed by atoms with E-state index in [1.165, 1.54) is 0 Å². The van der Waals surface area contributed by atoms with Gasteiger partial charge in [0.25, 0.3) is 10.0 Å². The van der Waals surface area contributed by atoms with Gasteiger partial charge >= 0.3 is 0 Å². The highest BCUT2D eigenvalue weighted by Gasteiger charge is 2.22. The minimum absolute atomic E-state index is 0.0840. The Balaban J connectivity index is 1.84. The first-order valence-electron chi connectivity index (χ1n) is 8.43. The van der Waals surface area contributed by atoms with E-state index in [4.69, 9.17) is 0 Å². The molecule has 0 saturated carbocycles. The van der Waals surface area contributed by atoms with Gasteiger partial charge in [-0.2, -0.15) is 0 Å². The molecule has 0 unspecified atom stereocenters. The van der Waals surface area contributed by atoms with Crippen LogP contribution in [0.25, 0.3) is 0 Å². The van der Waals surface area contributed by atoms with Crippen molar-refractivity contribution in [3.63, 3.8) is 0 Å². The van der Waals surface area contributed by atoms with E-state index in [0.717, 1.165) is 29.7 Å². The SMILES string of the molecule is CCc1ccc(C)c(NS(=O)(=O)c2ccc(N3CCCC3=O)cc2)c1. The van der Waals surface area contributed by atoms with E-state index >= 15 is 0 Å². The lowest BCUT2D eigenvalue weighted by Crippen LogP contribution is -2.23. The Morgan fingerprint density at radius 1 is 1.12 bits per heavy atom. The molecule has 0 spiro atoms. The molecule has 3 rings (SSSR count). The first-order chi connectivity index (χ1) is 11.9. The van der Waals surface area contributed by atoms with Gasteiger partial charge in [-0.3, -0.25) is 9.52 Å². The number of nitrogens with zero attached hydrogens (tertiary/aromatic N) is 1. The molecule has 0 aliphatic carbocycles. The predicted molar refractivity (Wildman–Crippen MR) is 99.4 cm³/mol. The smallest absolute Gasteiger partial charge is 0.261 e. The molecule has 0 atom stereocenters. The van der Waals surface area contributed by atoms with Crippen molar-refractivity contribution in [3.8, 4) is 0 Å². The number of carbonyl (C=O) groups is 1. The van der Waals surface area contributed by atoms with Crippen LogP contribution in [0.3, 0.4) is 0 Å². The van der Waals surface area contributed by atoms with Gasteiger partial charge in [-0.15, -0.1) is 0 Å². The summed E-state index contributed by atoms with van der Waals surface area (Å²) in [5.41, 5.74) is 3.29. The number of amides is 1. The second-order valence-corrected chi connectivity index (χ2v) is 7.93. The predicted octanol–water partition coefficient (Wildman–Crippen LogP) is 3.49. The number of aryl methyl sites for hydroxylation is 2. The number of sulfonamides is 1. The summed E-state index contributed by atoms with van der Waals surface area (Å²) in [6.07, 6.45) is 2.23. The summed E-state index contributed by atoms with van der Waals surface area (Å²) in [6.45, 7) is 4.59. The summed E-state index contributed by atoms with van der Waals surface area (Å²) >= 11 is 0. The molecule has 1 saturated heterocycles. The standard InChI is InChI=1S/C19H22N2O3S/c1-3-15-7-6-14(2)18(13-15)20-25(23,24)17-10-8-16(9-11-17)21-12-4-5-19(21)22/h6-11,13,20H,3-5,12H2,1-2H3. The van der Waals surface area contributed by atoms with E-state index in [1.54, 1.807) is 29.2 Å². The summed E-state index contributed by atoms with van der Waals surface area (Å²) in [5, 5.41) is 0. The molecule has 1 aliphatic rings. The van der Waals surface area contributed by atoms with Gasteiger partial charge < -0.3 is 4.90 Å². The summed E-state index contributed by atoms with van der Waals surface area (Å²) in [6, 6.07) is 12.2. The molecule has 0 radical (unpaired) electrons. The van der Waals surface area contributed by atoms with Crippen LogP contribution in [-0.2, 0) is 21.2 Å². The fourth-order valence-electron chi connectivity index (χ4n) is 2.93. The van der Waals surface area contributed by atoms with Crippen LogP contribution in [0.15, 0.2) is 47.4 Å². The molecule has 0 bridgehead atoms. The van der Waals surface area contributed by atoms with Crippen LogP contribution in [0, 0.1) is 6.92 Å². The molecule has 1 heterocycles. The number of benzene rings is 2. The summed E-state index contributed by atoms with van der Waals surface area (Å²) < 4.78 is 28.0. The molecule has 5 nitrogen and oxygen atoms in total. The average Bonchev–Trinajstić information content (AvgIpc) is 3.03. The van der Waals surface area contributed by atoms with Crippen LogP contribution in [0.4, 0.5) is 11.4 Å². The van der Waals surface area contributed by atoms with Crippen LogP contribution < -0.4 is 9.62 Å². The van der Waals surface area contributed by atoms with Gasteiger partial charge in [-0.05, 0) is 61.2 Å². The highest BCUT2D eigenvalue weighted by Crippen LogP contribution is 2.25. The van der Waals surface area contributed by atoms with E-state index in [1.807, 2.05) is 32.0 Å². The zero-order valence-corrected chi connectivity index (χ0v) is 15.3. The number of rotatable bonds is 5. The second kappa shape index (κ2) is 6.88. The normalized spacial score (nSPS) is 14.8. The fraction of sp³-hybridized carbons (Fsp3) is 0.316. The molecular formula is C19H22N2O3S. The molecule has 1 amide bonds. The van der Waals surface area contributed by atoms with Crippen molar-refractivity contribution < 1.29 is 13.2 Å². The quantitative estimate of drug-likeness (QED) is 0.890. The number of hydrogen-bond acceptors (Lipinski definition) is 3. The van der Waals surface area contributed by atoms with Crippen LogP contribution in [-0.4, -0.2) is 20.9 Å². The third-order valence-corrected chi connectivity index (χ3v) is 5.87. The van der Waals surface area contributed by atoms with Gasteiger partial charge in [0, 0.05) is 18.7 Å². The lowest BCUT2D eigenvalue weighted by atomic mass is 10.1. The second-order valence-electron chi connectivity index (χ2n) is 6.25. The summed E-state index contributed by atoms with van der Waals surface area (Å²) in [4.78, 5) is 13.7. The van der Waals surface area contributed by atoms with Gasteiger partial charge in [0.2, 0.25) is 5.91 Å². The van der Waals surface area contributed by atoms with Crippen molar-refractivity contribution in [2.45, 2.75) is 38.0 Å². The van der Waals surface area contributed by atoms with E-state index in [9.17, 15) is 13.2 Å². The average molecular weight is 358 g/mol. The number of nitrogens with one attached hydrogen (secondary N) is 1. The molecule has 132 valence electrons. The Morgan fingerprint density at radius 2 is 1.84 bits per heavy atom. The first-order valence-corrected chi connectivity index (χ1v) is 9.92. The van der Waals surface area contributed by atoms with Gasteiger partial charge in [-0.1, -0.05) is 19.1 Å². The van der Waals surface area contributed by atoms with E-state index in [0.29, 0.717) is 18.7 Å². The van der Waals surface area contributed by atoms with Crippen molar-refractivity contribution in [2.24, 2.45) is 0 Å². The van der Waals surface area contributed by atoms with Crippen LogP contribution >= 0.6 is 0 Å². The summed E-state index contributed by atoms with van der Waals surface area (Å²) in [7, 11) is -3.67. The lowest BCUT2D eigenvalue weighted by molar-refractivity contribution is -0.117. The minimum atomic E-state index is -3.67. The van der Waals surface area contributed by atoms with Crippen LogP contribution in [0.2, 0.25) is 0 Å². The van der Waals surface area contributed by atoms with Crippen molar-refractivity contribution in [2.75, 3.05) is 16.2 Å². The van der Waals surface area contributed by atoms with Crippen molar-refractivity contribution in [1.82, 2.24) is 0 Å². The molecule has 2 aromatic carbocycles. The first kappa shape index (κ1) is 17.5. The monoisotopic (exact) mass is 358 g/mol. The van der Waals surface area contributed by atoms with E-state index in [-0.39, 0.29) is 10.8 Å². The zero-order valence-electron chi connectivity index (χ0n) is 14.5. The molecule has 1 N–H and O–H groups in total. The molecule has 6 heteroatoms. The minimum Gasteiger partial charge on any atom is -0.312 e. The lowest BCUT2D eigenvalue weighted by Gasteiger charge is -2.16. The molecular weight excluding hydrogens is 336 g/mol. The topological polar surface area (TPSA) is 66.5 Å². The third-order valence-electron chi connectivity index (χ3n) is 4.49. The van der Waals surface area contributed by atoms with Crippen molar-refractivity contribution in [3.05, 3.63) is 53.6 Å². The van der Waals surface area contributed by atoms with Crippen molar-refractivity contribution >= 4 is 27.3 Å². The van der Waals surface area contributed by atoms with Gasteiger partial charge in [0.05, 0.1) is 10.6 Å². The maximum Gasteiger partial charge on any atom is 0.261 e. The highest BCUT2D eigenvalue weighted by atomic mass is 32.2. The zero-order chi connectivity index (χ0) is 18.0. The van der Waals surface area contributed by atoms with E-state index in [2.05, 4.69) is 4.72 Å². The fourth-order valence-corrected chi connectivity index (χ4v) is 4.05. The van der Waals surface area contributed by atoms with Crippen molar-refractivity contribution in [1.29, 1.82) is 0 Å². The number of hydrogen-bond donors (Lipinski definition) is 1. The van der Waals surface area contributed by atoms with E-state index < -0.39 is 10.0 Å². The third kappa shape index (κ3) is 3.69.